The minimum atomic E-state index is -0.618. The van der Waals surface area contributed by atoms with E-state index in [2.05, 4.69) is 50.9 Å². The first-order valence-corrected chi connectivity index (χ1v) is 14.8. The first-order valence-electron chi connectivity index (χ1n) is 13.9. The van der Waals surface area contributed by atoms with E-state index in [0.717, 1.165) is 46.9 Å². The van der Waals surface area contributed by atoms with Crippen LogP contribution < -0.4 is 20.7 Å². The molecule has 3 N–H and O–H groups in total. The third-order valence-electron chi connectivity index (χ3n) is 6.77. The summed E-state index contributed by atoms with van der Waals surface area (Å²) in [5, 5.41) is 20.6. The third-order valence-corrected chi connectivity index (χ3v) is 7.69. The molecule has 0 radical (unpaired) electrons. The van der Waals surface area contributed by atoms with Crippen LogP contribution in [0.2, 0.25) is 0 Å². The molecule has 1 aliphatic heterocycles. The van der Waals surface area contributed by atoms with Gasteiger partial charge in [0.2, 0.25) is 5.91 Å². The molecule has 1 aliphatic rings. The molecule has 3 heterocycles. The van der Waals surface area contributed by atoms with Crippen molar-refractivity contribution in [2.75, 3.05) is 46.1 Å². The Labute approximate surface area is 256 Å². The zero-order chi connectivity index (χ0) is 30.0. The Kier molecular flexibility index (Phi) is 10.3. The molecule has 2 aromatic carbocycles. The fourth-order valence-corrected chi connectivity index (χ4v) is 5.58. The number of carbonyl (C=O) groups excluding carboxylic acids is 2. The van der Waals surface area contributed by atoms with Gasteiger partial charge in [-0.05, 0) is 59.8 Å². The fraction of sp³-hybridized carbons (Fsp3) is 0.290. The molecule has 43 heavy (non-hydrogen) atoms. The minimum absolute atomic E-state index is 0. The number of amides is 2. The number of nitrogens with one attached hydrogen (secondary N) is 3. The summed E-state index contributed by atoms with van der Waals surface area (Å²) in [4.78, 5) is 22.7. The summed E-state index contributed by atoms with van der Waals surface area (Å²) in [6, 6.07) is 12.8. The summed E-state index contributed by atoms with van der Waals surface area (Å²) in [5.41, 5.74) is 5.73. The highest BCUT2D eigenvalue weighted by Gasteiger charge is 2.19. The van der Waals surface area contributed by atoms with Crippen LogP contribution in [0.3, 0.4) is 0 Å². The van der Waals surface area contributed by atoms with Crippen molar-refractivity contribution in [2.45, 2.75) is 13.0 Å². The van der Waals surface area contributed by atoms with E-state index >= 15 is 0 Å². The second-order valence-electron chi connectivity index (χ2n) is 9.63. The highest BCUT2D eigenvalue weighted by atomic mass is 32.1. The molecule has 0 aliphatic carbocycles. The van der Waals surface area contributed by atoms with Gasteiger partial charge in [0.15, 0.2) is 0 Å². The average molecular weight is 612 g/mol. The lowest BCUT2D eigenvalue weighted by Gasteiger charge is -2.18. The monoisotopic (exact) mass is 611 g/mol. The highest BCUT2D eigenvalue weighted by molar-refractivity contribution is 7.17. The number of halogens is 1. The molecule has 2 amide bonds. The summed E-state index contributed by atoms with van der Waals surface area (Å²) in [6.45, 7) is 6.22. The smallest absolute Gasteiger partial charge is 0.407 e. The summed E-state index contributed by atoms with van der Waals surface area (Å²) in [7, 11) is 0. The van der Waals surface area contributed by atoms with Gasteiger partial charge in [-0.1, -0.05) is 18.7 Å². The van der Waals surface area contributed by atoms with Crippen LogP contribution in [0.15, 0.2) is 60.5 Å². The number of alkyl carbamates (subject to hydrolysis) is 1. The van der Waals surface area contributed by atoms with Gasteiger partial charge in [-0.25, -0.2) is 9.18 Å². The van der Waals surface area contributed by atoms with E-state index in [4.69, 9.17) is 14.2 Å². The van der Waals surface area contributed by atoms with Crippen molar-refractivity contribution < 1.29 is 32.5 Å². The van der Waals surface area contributed by atoms with E-state index in [0.29, 0.717) is 17.0 Å². The van der Waals surface area contributed by atoms with Crippen LogP contribution in [0.5, 0.6) is 5.75 Å². The quantitative estimate of drug-likeness (QED) is 0.143. The van der Waals surface area contributed by atoms with Crippen molar-refractivity contribution in [1.82, 2.24) is 26.1 Å². The maximum atomic E-state index is 14.2. The number of thiophene rings is 1. The largest absolute Gasteiger partial charge is 0.490 e. The Morgan fingerprint density at radius 3 is 2.77 bits per heavy atom. The second kappa shape index (κ2) is 14.7. The van der Waals surface area contributed by atoms with Gasteiger partial charge in [-0.15, -0.1) is 21.5 Å². The third kappa shape index (κ3) is 7.72. The van der Waals surface area contributed by atoms with Crippen LogP contribution in [0.1, 0.15) is 15.4 Å². The molecule has 0 unspecified atom stereocenters. The zero-order valence-corrected chi connectivity index (χ0v) is 24.3. The second-order valence-corrected chi connectivity index (χ2v) is 10.5. The molecule has 0 saturated heterocycles. The van der Waals surface area contributed by atoms with Crippen molar-refractivity contribution >= 4 is 33.4 Å². The average Bonchev–Trinajstić information content (AvgIpc) is 3.52. The maximum absolute atomic E-state index is 14.2. The first kappa shape index (κ1) is 30.1. The first-order chi connectivity index (χ1) is 21.0. The van der Waals surface area contributed by atoms with Crippen molar-refractivity contribution in [3.8, 4) is 28.3 Å². The van der Waals surface area contributed by atoms with Crippen LogP contribution in [-0.2, 0) is 27.2 Å². The van der Waals surface area contributed by atoms with E-state index in [1.165, 1.54) is 23.3 Å². The van der Waals surface area contributed by atoms with Gasteiger partial charge in [0.25, 0.3) is 0 Å². The van der Waals surface area contributed by atoms with Gasteiger partial charge in [0, 0.05) is 39.9 Å². The van der Waals surface area contributed by atoms with Crippen LogP contribution in [0.25, 0.3) is 32.6 Å². The Morgan fingerprint density at radius 1 is 1.02 bits per heavy atom. The number of ether oxygens (including phenoxy) is 3. The summed E-state index contributed by atoms with van der Waals surface area (Å²) >= 11 is 1.55. The van der Waals surface area contributed by atoms with Gasteiger partial charge in [0.1, 0.15) is 36.2 Å². The Hall–Kier alpha value is -4.39. The highest BCUT2D eigenvalue weighted by Crippen LogP contribution is 2.39. The van der Waals surface area contributed by atoms with Crippen LogP contribution in [-0.4, -0.2) is 68.3 Å². The number of aromatic nitrogens is 2. The predicted octanol–water partition coefficient (Wildman–Crippen LogP) is 4.97. The molecule has 0 bridgehead atoms. The molecule has 0 saturated carbocycles. The van der Waals surface area contributed by atoms with E-state index in [-0.39, 0.29) is 49.7 Å². The van der Waals surface area contributed by atoms with Crippen molar-refractivity contribution in [2.24, 2.45) is 0 Å². The van der Waals surface area contributed by atoms with Crippen LogP contribution >= 0.6 is 11.3 Å². The maximum Gasteiger partial charge on any atom is 0.407 e. The molecule has 0 fully saturated rings. The molecule has 230 valence electrons. The Morgan fingerprint density at radius 2 is 1.88 bits per heavy atom. The summed E-state index contributed by atoms with van der Waals surface area (Å²) in [5.74, 6) is -0.427. The van der Waals surface area contributed by atoms with Crippen molar-refractivity contribution in [3.05, 3.63) is 77.4 Å². The molecular weight excluding hydrogens is 573 g/mol. The van der Waals surface area contributed by atoms with E-state index in [1.807, 2.05) is 11.4 Å². The van der Waals surface area contributed by atoms with Crippen molar-refractivity contribution in [1.29, 1.82) is 0 Å². The topological polar surface area (TPSA) is 124 Å². The molecule has 5 rings (SSSR count). The number of hydrogen-bond donors (Lipinski definition) is 3. The number of nitrogens with zero attached hydrogens (tertiary/aromatic N) is 2. The normalized spacial score (nSPS) is 12.4. The van der Waals surface area contributed by atoms with E-state index < -0.39 is 11.9 Å². The minimum Gasteiger partial charge on any atom is -0.490 e. The fourth-order valence-electron chi connectivity index (χ4n) is 4.68. The van der Waals surface area contributed by atoms with Gasteiger partial charge in [0.05, 0.1) is 24.5 Å². The summed E-state index contributed by atoms with van der Waals surface area (Å²) in [6.07, 6.45) is 1.50. The van der Waals surface area contributed by atoms with Gasteiger partial charge >= 0.3 is 6.09 Å². The number of rotatable bonds is 13. The predicted molar refractivity (Wildman–Crippen MR) is 169 cm³/mol. The van der Waals surface area contributed by atoms with E-state index in [1.54, 1.807) is 17.4 Å². The number of fused-ring (bicyclic) bond motifs is 2. The number of hydrogen-bond acceptors (Lipinski definition) is 9. The van der Waals surface area contributed by atoms with Crippen LogP contribution in [0, 0.1) is 5.82 Å². The van der Waals surface area contributed by atoms with Crippen molar-refractivity contribution in [3.63, 3.8) is 0 Å². The van der Waals surface area contributed by atoms with E-state index in [9.17, 15) is 14.0 Å². The molecule has 0 atom stereocenters. The standard InChI is InChI=1S/C31H32FN5O5S.3H2/c1-2-27(38)34-11-13-42-31(39)35-10-12-40-14-15-41-26-18-23(32)5-6-24(26)29-30-25(8-16-43-30)28(36-37-29)21-3-4-22-19-33-9-7-20(22)17-21;;;/h2-6,8,16-18,33H,1,7,9-15,19H2,(H,34,38)(H,35,39);3*1H. The molecule has 2 aromatic heterocycles. The molecule has 10 nitrogen and oxygen atoms in total. The Bertz CT molecular complexity index is 1630. The van der Waals surface area contributed by atoms with Gasteiger partial charge < -0.3 is 30.2 Å². The zero-order valence-electron chi connectivity index (χ0n) is 23.5. The van der Waals surface area contributed by atoms with Gasteiger partial charge in [-0.2, -0.15) is 0 Å². The van der Waals surface area contributed by atoms with Gasteiger partial charge in [-0.3, -0.25) is 4.79 Å². The molecule has 0 spiro atoms. The lowest BCUT2D eigenvalue weighted by atomic mass is 9.96. The Balaban J connectivity index is 0.00000245. The lowest BCUT2D eigenvalue weighted by Crippen LogP contribution is -2.32. The molecule has 4 aromatic rings. The lowest BCUT2D eigenvalue weighted by molar-refractivity contribution is -0.116. The number of carbonyl (C=O) groups is 2. The van der Waals surface area contributed by atoms with Crippen LogP contribution in [0.4, 0.5) is 9.18 Å². The SMILES string of the molecule is C=CC(=O)NCCOC(=O)NCCOCCOc1cc(F)ccc1-c1nnc(-c2ccc3c(c2)CCNC3)c2ccsc12.[HH].[HH].[HH]. The molecule has 12 heteroatoms. The summed E-state index contributed by atoms with van der Waals surface area (Å²) < 4.78 is 31.6. The molecular formula is C31H38FN5O5S. The number of benzene rings is 2.